The van der Waals surface area contributed by atoms with Crippen LogP contribution in [-0.2, 0) is 4.74 Å². The number of aromatic nitrogens is 2. The molecule has 0 bridgehead atoms. The summed E-state index contributed by atoms with van der Waals surface area (Å²) in [5, 5.41) is 3.41. The molecule has 1 aliphatic heterocycles. The molecule has 4 rings (SSSR count). The van der Waals surface area contributed by atoms with Crippen LogP contribution in [0.25, 0.3) is 11.0 Å². The van der Waals surface area contributed by atoms with Crippen LogP contribution in [-0.4, -0.2) is 22.5 Å². The highest BCUT2D eigenvalue weighted by Gasteiger charge is 2.21. The Bertz CT molecular complexity index is 900. The minimum atomic E-state index is -0.198. The van der Waals surface area contributed by atoms with Gasteiger partial charge in [-0.2, -0.15) is 0 Å². The van der Waals surface area contributed by atoms with Gasteiger partial charge < -0.3 is 15.0 Å². The number of benzene rings is 2. The highest BCUT2D eigenvalue weighted by Crippen LogP contribution is 2.28. The normalized spacial score (nSPS) is 17.3. The van der Waals surface area contributed by atoms with Crippen molar-refractivity contribution in [3.8, 4) is 0 Å². The fraction of sp³-hybridized carbons (Fsp3) is 0.222. The van der Waals surface area contributed by atoms with Crippen LogP contribution in [0.5, 0.6) is 0 Å². The summed E-state index contributed by atoms with van der Waals surface area (Å²) in [7, 11) is 0. The lowest BCUT2D eigenvalue weighted by Crippen LogP contribution is -2.11. The van der Waals surface area contributed by atoms with Crippen LogP contribution >= 0.6 is 11.6 Å². The first kappa shape index (κ1) is 15.2. The third-order valence-corrected chi connectivity index (χ3v) is 4.31. The molecule has 6 heteroatoms. The van der Waals surface area contributed by atoms with Gasteiger partial charge in [0.1, 0.15) is 11.9 Å². The van der Waals surface area contributed by atoms with Gasteiger partial charge in [0.25, 0.3) is 5.91 Å². The lowest BCUT2D eigenvalue weighted by Gasteiger charge is -2.05. The third kappa shape index (κ3) is 3.00. The number of carbonyl (C=O) groups is 1. The van der Waals surface area contributed by atoms with Gasteiger partial charge in [0.2, 0.25) is 0 Å². The number of aromatic amines is 1. The predicted molar refractivity (Wildman–Crippen MR) is 93.4 cm³/mol. The molecule has 1 fully saturated rings. The van der Waals surface area contributed by atoms with E-state index in [1.165, 1.54) is 0 Å². The Balaban J connectivity index is 1.57. The minimum Gasteiger partial charge on any atom is -0.370 e. The van der Waals surface area contributed by atoms with E-state index >= 15 is 0 Å². The Morgan fingerprint density at radius 1 is 1.29 bits per heavy atom. The number of amides is 1. The zero-order chi connectivity index (χ0) is 16.5. The van der Waals surface area contributed by atoms with E-state index in [0.717, 1.165) is 36.3 Å². The van der Waals surface area contributed by atoms with Gasteiger partial charge in [0.05, 0.1) is 11.0 Å². The van der Waals surface area contributed by atoms with E-state index in [4.69, 9.17) is 16.3 Å². The summed E-state index contributed by atoms with van der Waals surface area (Å²) in [6, 6.07) is 12.5. The number of H-pyrrole nitrogens is 1. The van der Waals surface area contributed by atoms with E-state index in [1.807, 2.05) is 18.2 Å². The summed E-state index contributed by atoms with van der Waals surface area (Å²) in [5.74, 6) is 0.650. The smallest absolute Gasteiger partial charge is 0.255 e. The highest BCUT2D eigenvalue weighted by molar-refractivity contribution is 6.31. The van der Waals surface area contributed by atoms with Gasteiger partial charge in [-0.25, -0.2) is 4.98 Å². The monoisotopic (exact) mass is 341 g/mol. The lowest BCUT2D eigenvalue weighted by atomic mass is 10.2. The SMILES string of the molecule is O=C(Nc1ccc2nc([C@H]3CCCO3)[nH]c2c1)c1cccc(Cl)c1. The van der Waals surface area contributed by atoms with Gasteiger partial charge in [-0.05, 0) is 49.2 Å². The molecule has 1 atom stereocenters. The van der Waals surface area contributed by atoms with Gasteiger partial charge in [0, 0.05) is 22.9 Å². The van der Waals surface area contributed by atoms with E-state index in [-0.39, 0.29) is 12.0 Å². The minimum absolute atomic E-state index is 0.0434. The number of ether oxygens (including phenoxy) is 1. The second kappa shape index (κ2) is 6.26. The average Bonchev–Trinajstić information content (AvgIpc) is 3.23. The number of hydrogen-bond acceptors (Lipinski definition) is 3. The molecule has 24 heavy (non-hydrogen) atoms. The molecule has 1 aliphatic rings. The summed E-state index contributed by atoms with van der Waals surface area (Å²) in [5.41, 5.74) is 2.97. The summed E-state index contributed by atoms with van der Waals surface area (Å²) in [6.45, 7) is 0.780. The second-order valence-electron chi connectivity index (χ2n) is 5.82. The molecular weight excluding hydrogens is 326 g/mol. The molecule has 3 aromatic rings. The number of anilines is 1. The lowest BCUT2D eigenvalue weighted by molar-refractivity contribution is 0.102. The van der Waals surface area contributed by atoms with Crippen molar-refractivity contribution < 1.29 is 9.53 Å². The third-order valence-electron chi connectivity index (χ3n) is 4.08. The first-order chi connectivity index (χ1) is 11.7. The van der Waals surface area contributed by atoms with Crippen molar-refractivity contribution in [2.45, 2.75) is 18.9 Å². The molecule has 1 saturated heterocycles. The number of nitrogens with zero attached hydrogens (tertiary/aromatic N) is 1. The summed E-state index contributed by atoms with van der Waals surface area (Å²) < 4.78 is 5.66. The van der Waals surface area contributed by atoms with Crippen molar-refractivity contribution in [1.82, 2.24) is 9.97 Å². The molecule has 0 unspecified atom stereocenters. The number of fused-ring (bicyclic) bond motifs is 1. The van der Waals surface area contributed by atoms with Crippen LogP contribution in [0.4, 0.5) is 5.69 Å². The van der Waals surface area contributed by atoms with Crippen LogP contribution in [0.2, 0.25) is 5.02 Å². The quantitative estimate of drug-likeness (QED) is 0.745. The predicted octanol–water partition coefficient (Wildman–Crippen LogP) is 4.32. The Hall–Kier alpha value is -2.37. The standard InChI is InChI=1S/C18H16ClN3O2/c19-12-4-1-3-11(9-12)18(23)20-13-6-7-14-15(10-13)22-17(21-14)16-5-2-8-24-16/h1,3-4,6-7,9-10,16H,2,5,8H2,(H,20,23)(H,21,22)/t16-/m1/s1. The molecule has 1 amide bonds. The fourth-order valence-electron chi connectivity index (χ4n) is 2.89. The van der Waals surface area contributed by atoms with E-state index in [0.29, 0.717) is 16.3 Å². The Morgan fingerprint density at radius 2 is 2.21 bits per heavy atom. The van der Waals surface area contributed by atoms with Crippen molar-refractivity contribution in [2.75, 3.05) is 11.9 Å². The van der Waals surface area contributed by atoms with Crippen molar-refractivity contribution in [2.24, 2.45) is 0 Å². The number of hydrogen-bond donors (Lipinski definition) is 2. The van der Waals surface area contributed by atoms with Crippen molar-refractivity contribution in [3.63, 3.8) is 0 Å². The molecular formula is C18H16ClN3O2. The maximum absolute atomic E-state index is 12.3. The van der Waals surface area contributed by atoms with Crippen LogP contribution in [0, 0.1) is 0 Å². The fourth-order valence-corrected chi connectivity index (χ4v) is 3.08. The first-order valence-electron chi connectivity index (χ1n) is 7.87. The second-order valence-corrected chi connectivity index (χ2v) is 6.26. The van der Waals surface area contributed by atoms with Gasteiger partial charge in [0.15, 0.2) is 0 Å². The zero-order valence-corrected chi connectivity index (χ0v) is 13.6. The Labute approximate surface area is 144 Å². The van der Waals surface area contributed by atoms with Crippen LogP contribution in [0.1, 0.15) is 35.1 Å². The van der Waals surface area contributed by atoms with Crippen LogP contribution < -0.4 is 5.32 Å². The number of nitrogens with one attached hydrogen (secondary N) is 2. The number of halogens is 1. The van der Waals surface area contributed by atoms with E-state index in [1.54, 1.807) is 24.3 Å². The molecule has 2 heterocycles. The van der Waals surface area contributed by atoms with Gasteiger partial charge >= 0.3 is 0 Å². The summed E-state index contributed by atoms with van der Waals surface area (Å²) in [4.78, 5) is 20.2. The largest absolute Gasteiger partial charge is 0.370 e. The topological polar surface area (TPSA) is 67.0 Å². The maximum atomic E-state index is 12.3. The first-order valence-corrected chi connectivity index (χ1v) is 8.25. The van der Waals surface area contributed by atoms with E-state index in [9.17, 15) is 4.79 Å². The van der Waals surface area contributed by atoms with Gasteiger partial charge in [-0.3, -0.25) is 4.79 Å². The van der Waals surface area contributed by atoms with E-state index in [2.05, 4.69) is 15.3 Å². The van der Waals surface area contributed by atoms with Crippen LogP contribution in [0.15, 0.2) is 42.5 Å². The highest BCUT2D eigenvalue weighted by atomic mass is 35.5. The van der Waals surface area contributed by atoms with Crippen LogP contribution in [0.3, 0.4) is 0 Å². The molecule has 2 aromatic carbocycles. The molecule has 0 saturated carbocycles. The maximum Gasteiger partial charge on any atom is 0.255 e. The summed E-state index contributed by atoms with van der Waals surface area (Å²) in [6.07, 6.45) is 2.09. The van der Waals surface area contributed by atoms with Crippen molar-refractivity contribution >= 4 is 34.2 Å². The summed E-state index contributed by atoms with van der Waals surface area (Å²) >= 11 is 5.93. The van der Waals surface area contributed by atoms with Crippen molar-refractivity contribution in [1.29, 1.82) is 0 Å². The molecule has 2 N–H and O–H groups in total. The molecule has 122 valence electrons. The van der Waals surface area contributed by atoms with Crippen molar-refractivity contribution in [3.05, 3.63) is 58.9 Å². The Morgan fingerprint density at radius 3 is 3.00 bits per heavy atom. The zero-order valence-electron chi connectivity index (χ0n) is 12.9. The number of imidazole rings is 1. The molecule has 0 spiro atoms. The molecule has 0 radical (unpaired) electrons. The van der Waals surface area contributed by atoms with Gasteiger partial charge in [-0.15, -0.1) is 0 Å². The van der Waals surface area contributed by atoms with E-state index < -0.39 is 0 Å². The average molecular weight is 342 g/mol. The van der Waals surface area contributed by atoms with Gasteiger partial charge in [-0.1, -0.05) is 17.7 Å². The number of carbonyl (C=O) groups excluding carboxylic acids is 1. The molecule has 0 aliphatic carbocycles. The molecule has 5 nitrogen and oxygen atoms in total. The molecule has 1 aromatic heterocycles. The Kier molecular flexibility index (Phi) is 3.96. The number of rotatable bonds is 3.